The van der Waals surface area contributed by atoms with Gasteiger partial charge in [-0.25, -0.2) is 4.39 Å². The SMILES string of the molecule is CC1(C)Cc2cc(F)cc(COc3ccc(C4CC4C(=O)O)cc3)c2O1. The molecule has 1 N–H and O–H groups in total. The fraction of sp³-hybridized carbons (Fsp3) is 0.381. The van der Waals surface area contributed by atoms with Crippen LogP contribution in [0.2, 0.25) is 0 Å². The van der Waals surface area contributed by atoms with Gasteiger partial charge in [0.25, 0.3) is 0 Å². The standard InChI is InChI=1S/C21H21FO4/c1-21(2)10-13-7-15(22)8-14(19(13)26-21)11-25-16-5-3-12(4-6-16)17-9-18(17)20(23)24/h3-8,17-18H,9-11H2,1-2H3,(H,23,24). The Kier molecular flexibility index (Phi) is 3.90. The minimum atomic E-state index is -0.738. The van der Waals surface area contributed by atoms with Crippen LogP contribution in [0.25, 0.3) is 0 Å². The molecule has 2 atom stereocenters. The van der Waals surface area contributed by atoms with E-state index in [0.717, 1.165) is 16.9 Å². The molecule has 0 aromatic heterocycles. The Morgan fingerprint density at radius 3 is 2.69 bits per heavy atom. The van der Waals surface area contributed by atoms with Crippen LogP contribution >= 0.6 is 0 Å². The molecule has 0 saturated heterocycles. The lowest BCUT2D eigenvalue weighted by molar-refractivity contribution is -0.138. The van der Waals surface area contributed by atoms with Crippen molar-refractivity contribution in [3.05, 3.63) is 58.9 Å². The topological polar surface area (TPSA) is 55.8 Å². The van der Waals surface area contributed by atoms with Gasteiger partial charge in [0, 0.05) is 17.5 Å². The van der Waals surface area contributed by atoms with Crippen LogP contribution in [0.3, 0.4) is 0 Å². The summed E-state index contributed by atoms with van der Waals surface area (Å²) in [6.45, 7) is 4.18. The Morgan fingerprint density at radius 1 is 1.31 bits per heavy atom. The van der Waals surface area contributed by atoms with Gasteiger partial charge < -0.3 is 14.6 Å². The molecule has 2 unspecified atom stereocenters. The summed E-state index contributed by atoms with van der Waals surface area (Å²) in [4.78, 5) is 11.0. The number of carboxylic acid groups (broad SMARTS) is 1. The zero-order valence-electron chi connectivity index (χ0n) is 14.8. The average molecular weight is 356 g/mol. The number of rotatable bonds is 5. The zero-order chi connectivity index (χ0) is 18.5. The molecule has 4 nitrogen and oxygen atoms in total. The molecule has 0 spiro atoms. The van der Waals surface area contributed by atoms with Crippen molar-refractivity contribution in [2.45, 2.75) is 44.8 Å². The highest BCUT2D eigenvalue weighted by Gasteiger charge is 2.44. The van der Waals surface area contributed by atoms with E-state index in [4.69, 9.17) is 14.6 Å². The summed E-state index contributed by atoms with van der Waals surface area (Å²) < 4.78 is 25.7. The average Bonchev–Trinajstić information content (AvgIpc) is 3.31. The van der Waals surface area contributed by atoms with Gasteiger partial charge in [-0.2, -0.15) is 0 Å². The first kappa shape index (κ1) is 16.9. The molecule has 4 rings (SSSR count). The highest BCUT2D eigenvalue weighted by molar-refractivity contribution is 5.75. The van der Waals surface area contributed by atoms with Crippen LogP contribution in [0.5, 0.6) is 11.5 Å². The Labute approximate surface area is 151 Å². The first-order valence-corrected chi connectivity index (χ1v) is 8.78. The summed E-state index contributed by atoms with van der Waals surface area (Å²) in [6, 6.07) is 10.4. The number of carboxylic acids is 1. The maximum Gasteiger partial charge on any atom is 0.307 e. The number of aliphatic carboxylic acids is 1. The van der Waals surface area contributed by atoms with E-state index in [9.17, 15) is 9.18 Å². The molecular weight excluding hydrogens is 335 g/mol. The smallest absolute Gasteiger partial charge is 0.307 e. The van der Waals surface area contributed by atoms with Crippen LogP contribution in [0.1, 0.15) is 42.9 Å². The van der Waals surface area contributed by atoms with Crippen LogP contribution in [-0.2, 0) is 17.8 Å². The molecule has 1 aliphatic heterocycles. The number of halogens is 1. The van der Waals surface area contributed by atoms with Crippen LogP contribution < -0.4 is 9.47 Å². The van der Waals surface area contributed by atoms with Gasteiger partial charge in [0.2, 0.25) is 0 Å². The number of fused-ring (bicyclic) bond motifs is 1. The normalized spacial score (nSPS) is 22.4. The molecule has 1 aliphatic carbocycles. The molecule has 2 aliphatic rings. The molecular formula is C21H21FO4. The Bertz CT molecular complexity index is 857. The molecule has 1 saturated carbocycles. The van der Waals surface area contributed by atoms with Crippen molar-refractivity contribution >= 4 is 5.97 Å². The summed E-state index contributed by atoms with van der Waals surface area (Å²) >= 11 is 0. The van der Waals surface area contributed by atoms with Gasteiger partial charge in [0.15, 0.2) is 0 Å². The molecule has 2 aromatic carbocycles. The molecule has 136 valence electrons. The summed E-state index contributed by atoms with van der Waals surface area (Å²) in [5.74, 6) is 0.193. The second-order valence-electron chi connectivity index (χ2n) is 7.74. The number of hydrogen-bond acceptors (Lipinski definition) is 3. The van der Waals surface area contributed by atoms with E-state index >= 15 is 0 Å². The third kappa shape index (κ3) is 3.26. The number of benzene rings is 2. The molecule has 0 radical (unpaired) electrons. The van der Waals surface area contributed by atoms with Crippen molar-refractivity contribution in [1.29, 1.82) is 0 Å². The van der Waals surface area contributed by atoms with E-state index in [1.807, 2.05) is 38.1 Å². The third-order valence-corrected chi connectivity index (χ3v) is 5.01. The van der Waals surface area contributed by atoms with Crippen molar-refractivity contribution in [2.75, 3.05) is 0 Å². The Morgan fingerprint density at radius 2 is 2.04 bits per heavy atom. The monoisotopic (exact) mass is 356 g/mol. The van der Waals surface area contributed by atoms with Gasteiger partial charge in [-0.05, 0) is 56.0 Å². The van der Waals surface area contributed by atoms with E-state index in [1.54, 1.807) is 0 Å². The van der Waals surface area contributed by atoms with Gasteiger partial charge in [0.05, 0.1) is 5.92 Å². The van der Waals surface area contributed by atoms with Crippen molar-refractivity contribution in [2.24, 2.45) is 5.92 Å². The predicted octanol–water partition coefficient (Wildman–Crippen LogP) is 4.31. The first-order chi connectivity index (χ1) is 12.3. The van der Waals surface area contributed by atoms with Crippen LogP contribution in [0.15, 0.2) is 36.4 Å². The molecule has 2 aromatic rings. The lowest BCUT2D eigenvalue weighted by atomic mass is 10.0. The quantitative estimate of drug-likeness (QED) is 0.867. The first-order valence-electron chi connectivity index (χ1n) is 8.78. The van der Waals surface area contributed by atoms with Crippen molar-refractivity contribution in [1.82, 2.24) is 0 Å². The van der Waals surface area contributed by atoms with E-state index in [-0.39, 0.29) is 29.9 Å². The highest BCUT2D eigenvalue weighted by atomic mass is 19.1. The lowest BCUT2D eigenvalue weighted by Gasteiger charge is -2.18. The number of ether oxygens (including phenoxy) is 2. The molecule has 0 bridgehead atoms. The van der Waals surface area contributed by atoms with Crippen LogP contribution in [0.4, 0.5) is 4.39 Å². The van der Waals surface area contributed by atoms with Crippen molar-refractivity contribution in [3.63, 3.8) is 0 Å². The largest absolute Gasteiger partial charge is 0.489 e. The van der Waals surface area contributed by atoms with Crippen molar-refractivity contribution in [3.8, 4) is 11.5 Å². The van der Waals surface area contributed by atoms with Crippen LogP contribution in [-0.4, -0.2) is 16.7 Å². The fourth-order valence-corrected chi connectivity index (χ4v) is 3.66. The van der Waals surface area contributed by atoms with Crippen LogP contribution in [0, 0.1) is 11.7 Å². The fourth-order valence-electron chi connectivity index (χ4n) is 3.66. The van der Waals surface area contributed by atoms with Gasteiger partial charge in [-0.3, -0.25) is 4.79 Å². The van der Waals surface area contributed by atoms with E-state index in [2.05, 4.69) is 0 Å². The number of hydrogen-bond donors (Lipinski definition) is 1. The maximum atomic E-state index is 13.9. The molecule has 5 heteroatoms. The summed E-state index contributed by atoms with van der Waals surface area (Å²) in [5.41, 5.74) is 2.25. The van der Waals surface area contributed by atoms with E-state index in [1.165, 1.54) is 12.1 Å². The molecule has 1 fully saturated rings. The second kappa shape index (κ2) is 6.01. The molecule has 26 heavy (non-hydrogen) atoms. The lowest BCUT2D eigenvalue weighted by Crippen LogP contribution is -2.25. The highest BCUT2D eigenvalue weighted by Crippen LogP contribution is 2.47. The second-order valence-corrected chi connectivity index (χ2v) is 7.74. The summed E-state index contributed by atoms with van der Waals surface area (Å²) in [5, 5.41) is 9.02. The third-order valence-electron chi connectivity index (χ3n) is 5.01. The molecule has 1 heterocycles. The zero-order valence-corrected chi connectivity index (χ0v) is 14.8. The maximum absolute atomic E-state index is 13.9. The van der Waals surface area contributed by atoms with E-state index in [0.29, 0.717) is 24.2 Å². The van der Waals surface area contributed by atoms with Gasteiger partial charge >= 0.3 is 5.97 Å². The molecule has 0 amide bonds. The van der Waals surface area contributed by atoms with E-state index < -0.39 is 5.97 Å². The minimum Gasteiger partial charge on any atom is -0.489 e. The minimum absolute atomic E-state index is 0.101. The Hall–Kier alpha value is -2.56. The predicted molar refractivity (Wildman–Crippen MR) is 94.1 cm³/mol. The van der Waals surface area contributed by atoms with Gasteiger partial charge in [-0.15, -0.1) is 0 Å². The van der Waals surface area contributed by atoms with Crippen molar-refractivity contribution < 1.29 is 23.8 Å². The van der Waals surface area contributed by atoms with Gasteiger partial charge in [0.1, 0.15) is 29.5 Å². The number of carbonyl (C=O) groups is 1. The summed E-state index contributed by atoms with van der Waals surface area (Å²) in [7, 11) is 0. The Balaban J connectivity index is 1.45. The summed E-state index contributed by atoms with van der Waals surface area (Å²) in [6.07, 6.45) is 1.37. The van der Waals surface area contributed by atoms with Gasteiger partial charge in [-0.1, -0.05) is 12.1 Å².